The van der Waals surface area contributed by atoms with Crippen LogP contribution in [0.25, 0.3) is 11.3 Å². The molecule has 1 aromatic carbocycles. The van der Waals surface area contributed by atoms with Crippen LogP contribution in [0.4, 0.5) is 5.69 Å². The van der Waals surface area contributed by atoms with E-state index in [1.165, 1.54) is 5.56 Å². The molecule has 0 bridgehead atoms. The molecule has 0 atom stereocenters. The maximum atomic E-state index is 12.3. The van der Waals surface area contributed by atoms with Gasteiger partial charge in [-0.3, -0.25) is 9.78 Å². The van der Waals surface area contributed by atoms with Gasteiger partial charge in [0, 0.05) is 36.1 Å². The molecule has 0 fully saturated rings. The zero-order valence-electron chi connectivity index (χ0n) is 15.5. The van der Waals surface area contributed by atoms with Gasteiger partial charge in [0.05, 0.1) is 19.3 Å². The summed E-state index contributed by atoms with van der Waals surface area (Å²) in [5, 5.41) is 0. The van der Waals surface area contributed by atoms with Gasteiger partial charge in [-0.15, -0.1) is 0 Å². The van der Waals surface area contributed by atoms with Crippen molar-refractivity contribution in [2.45, 2.75) is 26.3 Å². The number of methoxy groups -OCH3 is 1. The van der Waals surface area contributed by atoms with Gasteiger partial charge in [0.25, 0.3) is 0 Å². The molecule has 136 valence electrons. The number of amides is 1. The number of rotatable bonds is 2. The third-order valence-electron chi connectivity index (χ3n) is 4.93. The van der Waals surface area contributed by atoms with Gasteiger partial charge in [-0.25, -0.2) is 4.98 Å². The molecule has 0 radical (unpaired) electrons. The molecule has 2 aromatic heterocycles. The van der Waals surface area contributed by atoms with E-state index < -0.39 is 0 Å². The van der Waals surface area contributed by atoms with Gasteiger partial charge >= 0.3 is 0 Å². The number of carbonyl (C=O) groups excluding carboxylic acids is 1. The first-order chi connectivity index (χ1) is 13.2. The molecule has 5 heteroatoms. The Balaban J connectivity index is 1.72. The lowest BCUT2D eigenvalue weighted by atomic mass is 9.98. The number of aryl methyl sites for hydroxylation is 2. The summed E-state index contributed by atoms with van der Waals surface area (Å²) < 4.78 is 5.12. The van der Waals surface area contributed by atoms with E-state index in [1.54, 1.807) is 20.2 Å². The maximum absolute atomic E-state index is 12.3. The summed E-state index contributed by atoms with van der Waals surface area (Å²) in [4.78, 5) is 23.3. The minimum Gasteiger partial charge on any atom is -0.481 e. The SMILES string of the molecule is COc1ccc(-c2ccc3c(n2)CCc2ccccc2N(C(C)=O)C3)cn1. The highest BCUT2D eigenvalue weighted by Gasteiger charge is 2.21. The Morgan fingerprint density at radius 2 is 1.89 bits per heavy atom. The van der Waals surface area contributed by atoms with E-state index in [0.717, 1.165) is 41.0 Å². The highest BCUT2D eigenvalue weighted by atomic mass is 16.5. The summed E-state index contributed by atoms with van der Waals surface area (Å²) in [5.74, 6) is 0.623. The number of nitrogens with zero attached hydrogens (tertiary/aromatic N) is 3. The van der Waals surface area contributed by atoms with Crippen molar-refractivity contribution in [2.24, 2.45) is 0 Å². The predicted octanol–water partition coefficient (Wildman–Crippen LogP) is 3.80. The molecule has 5 nitrogen and oxygen atoms in total. The van der Waals surface area contributed by atoms with E-state index in [0.29, 0.717) is 12.4 Å². The molecular formula is C22H21N3O2. The van der Waals surface area contributed by atoms with Crippen LogP contribution in [0.2, 0.25) is 0 Å². The number of benzene rings is 1. The van der Waals surface area contributed by atoms with Crippen molar-refractivity contribution in [1.29, 1.82) is 0 Å². The van der Waals surface area contributed by atoms with Gasteiger partial charge in [0.1, 0.15) is 0 Å². The van der Waals surface area contributed by atoms with E-state index in [9.17, 15) is 4.79 Å². The first kappa shape index (κ1) is 17.2. The van der Waals surface area contributed by atoms with Crippen molar-refractivity contribution in [3.8, 4) is 17.1 Å². The van der Waals surface area contributed by atoms with E-state index in [-0.39, 0.29) is 5.91 Å². The second-order valence-corrected chi connectivity index (χ2v) is 6.63. The maximum Gasteiger partial charge on any atom is 0.224 e. The lowest BCUT2D eigenvalue weighted by Crippen LogP contribution is -2.30. The molecule has 0 aliphatic carbocycles. The van der Waals surface area contributed by atoms with Crippen LogP contribution in [0.5, 0.6) is 5.88 Å². The summed E-state index contributed by atoms with van der Waals surface area (Å²) >= 11 is 0. The fourth-order valence-corrected chi connectivity index (χ4v) is 3.48. The molecule has 3 heterocycles. The van der Waals surface area contributed by atoms with Gasteiger partial charge in [0.2, 0.25) is 11.8 Å². The van der Waals surface area contributed by atoms with Crippen LogP contribution in [0.1, 0.15) is 23.7 Å². The topological polar surface area (TPSA) is 55.3 Å². The molecule has 0 saturated heterocycles. The van der Waals surface area contributed by atoms with Crippen molar-refractivity contribution in [3.05, 3.63) is 71.5 Å². The number of fused-ring (bicyclic) bond motifs is 2. The summed E-state index contributed by atoms with van der Waals surface area (Å²) in [5.41, 5.74) is 6.13. The van der Waals surface area contributed by atoms with Crippen molar-refractivity contribution in [2.75, 3.05) is 12.0 Å². The third-order valence-corrected chi connectivity index (χ3v) is 4.93. The monoisotopic (exact) mass is 359 g/mol. The average molecular weight is 359 g/mol. The molecule has 27 heavy (non-hydrogen) atoms. The van der Waals surface area contributed by atoms with Gasteiger partial charge in [-0.2, -0.15) is 0 Å². The number of ether oxygens (including phenoxy) is 1. The second-order valence-electron chi connectivity index (χ2n) is 6.63. The van der Waals surface area contributed by atoms with Crippen LogP contribution in [0.3, 0.4) is 0 Å². The zero-order valence-corrected chi connectivity index (χ0v) is 15.5. The lowest BCUT2D eigenvalue weighted by Gasteiger charge is -2.27. The standard InChI is InChI=1S/C22H21N3O2/c1-15(26)25-14-18-8-11-19(17-9-12-22(27-2)23-13-17)24-20(18)10-7-16-5-3-4-6-21(16)25/h3-6,8-9,11-13H,7,10,14H2,1-2H3. The molecule has 1 amide bonds. The van der Waals surface area contributed by atoms with Gasteiger partial charge in [-0.1, -0.05) is 24.3 Å². The summed E-state index contributed by atoms with van der Waals surface area (Å²) in [6, 6.07) is 16.0. The Labute approximate surface area is 158 Å². The Morgan fingerprint density at radius 3 is 2.63 bits per heavy atom. The molecule has 1 aliphatic heterocycles. The number of carbonyl (C=O) groups is 1. The zero-order chi connectivity index (χ0) is 18.8. The minimum absolute atomic E-state index is 0.0405. The van der Waals surface area contributed by atoms with Crippen LogP contribution in [-0.2, 0) is 24.2 Å². The summed E-state index contributed by atoms with van der Waals surface area (Å²) in [6.45, 7) is 2.15. The van der Waals surface area contributed by atoms with Gasteiger partial charge in [-0.05, 0) is 42.2 Å². The van der Waals surface area contributed by atoms with Crippen LogP contribution < -0.4 is 9.64 Å². The lowest BCUT2D eigenvalue weighted by molar-refractivity contribution is -0.116. The highest BCUT2D eigenvalue weighted by molar-refractivity contribution is 5.92. The minimum atomic E-state index is 0.0405. The summed E-state index contributed by atoms with van der Waals surface area (Å²) in [6.07, 6.45) is 3.47. The fourth-order valence-electron chi connectivity index (χ4n) is 3.48. The quantitative estimate of drug-likeness (QED) is 0.698. The van der Waals surface area contributed by atoms with Crippen LogP contribution in [-0.4, -0.2) is 23.0 Å². The van der Waals surface area contributed by atoms with E-state index in [4.69, 9.17) is 9.72 Å². The number of para-hydroxylation sites is 1. The van der Waals surface area contributed by atoms with Crippen molar-refractivity contribution >= 4 is 11.6 Å². The third kappa shape index (κ3) is 3.40. The van der Waals surface area contributed by atoms with E-state index in [1.807, 2.05) is 41.3 Å². The first-order valence-electron chi connectivity index (χ1n) is 9.01. The Hall–Kier alpha value is -3.21. The predicted molar refractivity (Wildman–Crippen MR) is 105 cm³/mol. The van der Waals surface area contributed by atoms with E-state index >= 15 is 0 Å². The number of pyridine rings is 2. The molecule has 4 rings (SSSR count). The molecular weight excluding hydrogens is 338 g/mol. The second kappa shape index (κ2) is 7.19. The van der Waals surface area contributed by atoms with Crippen molar-refractivity contribution in [3.63, 3.8) is 0 Å². The number of aromatic nitrogens is 2. The molecule has 0 N–H and O–H groups in total. The smallest absolute Gasteiger partial charge is 0.224 e. The largest absolute Gasteiger partial charge is 0.481 e. The van der Waals surface area contributed by atoms with Crippen LogP contribution in [0.15, 0.2) is 54.7 Å². The average Bonchev–Trinajstić information content (AvgIpc) is 2.69. The molecule has 1 aliphatic rings. The molecule has 0 spiro atoms. The number of hydrogen-bond acceptors (Lipinski definition) is 4. The van der Waals surface area contributed by atoms with Crippen LogP contribution in [0, 0.1) is 0 Å². The summed E-state index contributed by atoms with van der Waals surface area (Å²) in [7, 11) is 1.60. The first-order valence-corrected chi connectivity index (χ1v) is 9.01. The van der Waals surface area contributed by atoms with Crippen molar-refractivity contribution < 1.29 is 9.53 Å². The van der Waals surface area contributed by atoms with Gasteiger partial charge < -0.3 is 9.64 Å². The molecule has 0 saturated carbocycles. The van der Waals surface area contributed by atoms with E-state index in [2.05, 4.69) is 17.1 Å². The number of hydrogen-bond donors (Lipinski definition) is 0. The van der Waals surface area contributed by atoms with Gasteiger partial charge in [0.15, 0.2) is 0 Å². The normalized spacial score (nSPS) is 13.2. The highest BCUT2D eigenvalue weighted by Crippen LogP contribution is 2.29. The Morgan fingerprint density at radius 1 is 1.04 bits per heavy atom. The fraction of sp³-hybridized carbons (Fsp3) is 0.227. The van der Waals surface area contributed by atoms with Crippen molar-refractivity contribution in [1.82, 2.24) is 9.97 Å². The molecule has 3 aromatic rings. The Kier molecular flexibility index (Phi) is 4.59. The Bertz CT molecular complexity index is 983. The number of anilines is 1. The van der Waals surface area contributed by atoms with Crippen LogP contribution >= 0.6 is 0 Å². The molecule has 0 unspecified atom stereocenters.